The van der Waals surface area contributed by atoms with Crippen molar-refractivity contribution in [3.8, 4) is 5.75 Å². The maximum absolute atomic E-state index is 12.6. The lowest BCUT2D eigenvalue weighted by Crippen LogP contribution is -2.31. The van der Waals surface area contributed by atoms with Crippen LogP contribution in [-0.4, -0.2) is 12.3 Å². The fourth-order valence-corrected chi connectivity index (χ4v) is 1.13. The molecule has 1 aromatic rings. The summed E-state index contributed by atoms with van der Waals surface area (Å²) in [5.74, 6) is -0.901. The summed E-state index contributed by atoms with van der Waals surface area (Å²) >= 11 is 0. The zero-order valence-corrected chi connectivity index (χ0v) is 9.06. The zero-order valence-electron chi connectivity index (χ0n) is 9.06. The van der Waals surface area contributed by atoms with Crippen LogP contribution in [-0.2, 0) is 6.18 Å². The first-order valence-corrected chi connectivity index (χ1v) is 4.72. The maximum atomic E-state index is 12.6. The molecule has 0 fully saturated rings. The summed E-state index contributed by atoms with van der Waals surface area (Å²) in [7, 11) is 0. The molecule has 1 rings (SSSR count). The Bertz CT molecular complexity index is 425. The fraction of sp³-hybridized carbons (Fsp3) is 0.400. The number of alkyl halides is 6. The van der Waals surface area contributed by atoms with Crippen LogP contribution in [0.25, 0.3) is 0 Å². The standard InChI is InChI=1S/C10H9F6NO/c1-5(9(11,12)13)18-8-3-2-6(17)4-7(8)10(14,15)16/h2-5H,17H2,1H3. The van der Waals surface area contributed by atoms with E-state index in [4.69, 9.17) is 5.73 Å². The highest BCUT2D eigenvalue weighted by Crippen LogP contribution is 2.38. The SMILES string of the molecule is CC(Oc1ccc(N)cc1C(F)(F)F)C(F)(F)F. The first kappa shape index (κ1) is 14.5. The molecule has 1 aromatic carbocycles. The summed E-state index contributed by atoms with van der Waals surface area (Å²) in [5.41, 5.74) is 3.61. The minimum Gasteiger partial charge on any atom is -0.481 e. The van der Waals surface area contributed by atoms with Crippen molar-refractivity contribution in [3.63, 3.8) is 0 Å². The normalized spacial score (nSPS) is 14.4. The van der Waals surface area contributed by atoms with Gasteiger partial charge in [0.05, 0.1) is 5.56 Å². The number of ether oxygens (including phenoxy) is 1. The molecule has 1 unspecified atom stereocenters. The quantitative estimate of drug-likeness (QED) is 0.659. The Morgan fingerprint density at radius 1 is 1.11 bits per heavy atom. The minimum absolute atomic E-state index is 0.214. The van der Waals surface area contributed by atoms with Gasteiger partial charge in [0, 0.05) is 5.69 Å². The van der Waals surface area contributed by atoms with E-state index >= 15 is 0 Å². The van der Waals surface area contributed by atoms with Gasteiger partial charge in [0.2, 0.25) is 0 Å². The van der Waals surface area contributed by atoms with Gasteiger partial charge in [0.25, 0.3) is 0 Å². The third-order valence-electron chi connectivity index (χ3n) is 2.07. The smallest absolute Gasteiger partial charge is 0.425 e. The van der Waals surface area contributed by atoms with Crippen LogP contribution in [0, 0.1) is 0 Å². The van der Waals surface area contributed by atoms with E-state index in [0.29, 0.717) is 13.0 Å². The van der Waals surface area contributed by atoms with Crippen LogP contribution in [0.2, 0.25) is 0 Å². The molecule has 2 nitrogen and oxygen atoms in total. The maximum Gasteiger partial charge on any atom is 0.425 e. The Kier molecular flexibility index (Phi) is 3.68. The van der Waals surface area contributed by atoms with E-state index in [9.17, 15) is 26.3 Å². The number of benzene rings is 1. The number of rotatable bonds is 2. The third-order valence-corrected chi connectivity index (χ3v) is 2.07. The molecule has 0 aromatic heterocycles. The first-order chi connectivity index (χ1) is 8.01. The molecule has 0 aliphatic rings. The Hall–Kier alpha value is -1.60. The van der Waals surface area contributed by atoms with Crippen LogP contribution in [0.3, 0.4) is 0 Å². The van der Waals surface area contributed by atoms with Crippen molar-refractivity contribution in [2.45, 2.75) is 25.4 Å². The van der Waals surface area contributed by atoms with E-state index in [0.717, 1.165) is 12.1 Å². The molecule has 0 saturated heterocycles. The first-order valence-electron chi connectivity index (χ1n) is 4.72. The molecule has 0 bridgehead atoms. The summed E-state index contributed by atoms with van der Waals surface area (Å²) in [6, 6.07) is 2.33. The van der Waals surface area contributed by atoms with Crippen molar-refractivity contribution in [3.05, 3.63) is 23.8 Å². The number of nitrogen functional groups attached to an aromatic ring is 1. The molecular formula is C10H9F6NO. The second kappa shape index (κ2) is 4.58. The predicted octanol–water partition coefficient (Wildman–Crippen LogP) is 3.62. The van der Waals surface area contributed by atoms with E-state index in [1.165, 1.54) is 0 Å². The van der Waals surface area contributed by atoms with Gasteiger partial charge in [0.15, 0.2) is 6.10 Å². The number of nitrogens with two attached hydrogens (primary N) is 1. The summed E-state index contributed by atoms with van der Waals surface area (Å²) in [6.45, 7) is 0.622. The van der Waals surface area contributed by atoms with Crippen molar-refractivity contribution in [1.82, 2.24) is 0 Å². The molecule has 0 aliphatic carbocycles. The summed E-state index contributed by atoms with van der Waals surface area (Å²) < 4.78 is 78.6. The molecule has 0 amide bonds. The van der Waals surface area contributed by atoms with E-state index in [1.54, 1.807) is 0 Å². The Balaban J connectivity index is 3.10. The van der Waals surface area contributed by atoms with Crippen molar-refractivity contribution in [1.29, 1.82) is 0 Å². The number of hydrogen-bond donors (Lipinski definition) is 1. The van der Waals surface area contributed by atoms with E-state index in [1.807, 2.05) is 0 Å². The van der Waals surface area contributed by atoms with Crippen LogP contribution in [0.1, 0.15) is 12.5 Å². The molecule has 0 aliphatic heterocycles. The van der Waals surface area contributed by atoms with Gasteiger partial charge in [-0.2, -0.15) is 26.3 Å². The number of hydrogen-bond acceptors (Lipinski definition) is 2. The van der Waals surface area contributed by atoms with E-state index in [2.05, 4.69) is 4.74 Å². The largest absolute Gasteiger partial charge is 0.481 e. The predicted molar refractivity (Wildman–Crippen MR) is 52.0 cm³/mol. The van der Waals surface area contributed by atoms with Crippen molar-refractivity contribution < 1.29 is 31.1 Å². The molecule has 0 spiro atoms. The van der Waals surface area contributed by atoms with Gasteiger partial charge in [-0.1, -0.05) is 0 Å². The van der Waals surface area contributed by atoms with Gasteiger partial charge in [0.1, 0.15) is 5.75 Å². The van der Waals surface area contributed by atoms with Gasteiger partial charge in [-0.25, -0.2) is 0 Å². The van der Waals surface area contributed by atoms with Crippen LogP contribution in [0.4, 0.5) is 32.0 Å². The average molecular weight is 273 g/mol. The minimum atomic E-state index is -4.84. The average Bonchev–Trinajstić information content (AvgIpc) is 2.17. The highest BCUT2D eigenvalue weighted by atomic mass is 19.4. The van der Waals surface area contributed by atoms with Crippen molar-refractivity contribution in [2.75, 3.05) is 5.73 Å². The molecule has 18 heavy (non-hydrogen) atoms. The Labute approximate surface area is 98.3 Å². The Morgan fingerprint density at radius 2 is 1.67 bits per heavy atom. The second-order valence-corrected chi connectivity index (χ2v) is 3.56. The van der Waals surface area contributed by atoms with Crippen molar-refractivity contribution in [2.24, 2.45) is 0 Å². The van der Waals surface area contributed by atoms with Gasteiger partial charge in [-0.05, 0) is 25.1 Å². The zero-order chi connectivity index (χ0) is 14.1. The van der Waals surface area contributed by atoms with Crippen LogP contribution < -0.4 is 10.5 Å². The van der Waals surface area contributed by atoms with Gasteiger partial charge >= 0.3 is 12.4 Å². The molecular weight excluding hydrogens is 264 g/mol. The topological polar surface area (TPSA) is 35.2 Å². The second-order valence-electron chi connectivity index (χ2n) is 3.56. The lowest BCUT2D eigenvalue weighted by atomic mass is 10.1. The Morgan fingerprint density at radius 3 is 2.11 bits per heavy atom. The van der Waals surface area contributed by atoms with Crippen molar-refractivity contribution >= 4 is 5.69 Å². The monoisotopic (exact) mass is 273 g/mol. The van der Waals surface area contributed by atoms with Crippen LogP contribution in [0.5, 0.6) is 5.75 Å². The summed E-state index contributed by atoms with van der Waals surface area (Å²) in [6.07, 6.45) is -11.9. The number of anilines is 1. The highest BCUT2D eigenvalue weighted by Gasteiger charge is 2.41. The molecule has 0 radical (unpaired) electrons. The third kappa shape index (κ3) is 3.44. The van der Waals surface area contributed by atoms with E-state index < -0.39 is 29.8 Å². The molecule has 2 N–H and O–H groups in total. The molecule has 102 valence electrons. The van der Waals surface area contributed by atoms with Gasteiger partial charge in [-0.15, -0.1) is 0 Å². The number of halogens is 6. The summed E-state index contributed by atoms with van der Waals surface area (Å²) in [5, 5.41) is 0. The summed E-state index contributed by atoms with van der Waals surface area (Å²) in [4.78, 5) is 0. The van der Waals surface area contributed by atoms with E-state index in [-0.39, 0.29) is 5.69 Å². The van der Waals surface area contributed by atoms with Crippen LogP contribution >= 0.6 is 0 Å². The lowest BCUT2D eigenvalue weighted by Gasteiger charge is -2.20. The van der Waals surface area contributed by atoms with Gasteiger partial charge < -0.3 is 10.5 Å². The fourth-order valence-electron chi connectivity index (χ4n) is 1.13. The molecule has 8 heteroatoms. The van der Waals surface area contributed by atoms with Gasteiger partial charge in [-0.3, -0.25) is 0 Å². The highest BCUT2D eigenvalue weighted by molar-refractivity contribution is 5.49. The molecule has 1 atom stereocenters. The molecule has 0 saturated carbocycles. The van der Waals surface area contributed by atoms with Crippen LogP contribution in [0.15, 0.2) is 18.2 Å². The lowest BCUT2D eigenvalue weighted by molar-refractivity contribution is -0.191. The molecule has 0 heterocycles.